The molecule has 1 saturated heterocycles. The summed E-state index contributed by atoms with van der Waals surface area (Å²) in [6.45, 7) is 3.19. The molecule has 0 bridgehead atoms. The first-order valence-corrected chi connectivity index (χ1v) is 10.5. The summed E-state index contributed by atoms with van der Waals surface area (Å²) < 4.78 is 5.07. The molecule has 0 aliphatic carbocycles. The average Bonchev–Trinajstić information content (AvgIpc) is 2.77. The minimum atomic E-state index is -0.416. The Morgan fingerprint density at radius 3 is 2.32 bits per heavy atom. The monoisotopic (exact) mass is 423 g/mol. The van der Waals surface area contributed by atoms with Crippen molar-refractivity contribution in [2.24, 2.45) is 5.92 Å². The number of carbonyl (C=O) groups is 3. The van der Waals surface area contributed by atoms with Gasteiger partial charge in [0.05, 0.1) is 0 Å². The van der Waals surface area contributed by atoms with Crippen LogP contribution in [0.3, 0.4) is 0 Å². The van der Waals surface area contributed by atoms with Crippen molar-refractivity contribution in [3.05, 3.63) is 59.7 Å². The molecule has 164 valence electrons. The molecule has 3 rings (SSSR count). The van der Waals surface area contributed by atoms with Crippen LogP contribution in [0.2, 0.25) is 0 Å². The van der Waals surface area contributed by atoms with Gasteiger partial charge in [0.25, 0.3) is 11.8 Å². The third-order valence-corrected chi connectivity index (χ3v) is 5.44. The molecule has 31 heavy (non-hydrogen) atoms. The van der Waals surface area contributed by atoms with Crippen LogP contribution < -0.4 is 15.0 Å². The zero-order chi connectivity index (χ0) is 22.4. The van der Waals surface area contributed by atoms with Crippen LogP contribution in [0, 0.1) is 5.92 Å². The second-order valence-electron chi connectivity index (χ2n) is 8.01. The Balaban J connectivity index is 1.47. The number of nitrogens with zero attached hydrogens (tertiary/aromatic N) is 2. The predicted octanol–water partition coefficient (Wildman–Crippen LogP) is 2.96. The molecule has 1 aliphatic heterocycles. The van der Waals surface area contributed by atoms with Crippen molar-refractivity contribution in [3.63, 3.8) is 0 Å². The lowest BCUT2D eigenvalue weighted by atomic mass is 9.96. The maximum Gasteiger partial charge on any atom is 0.308 e. The summed E-state index contributed by atoms with van der Waals surface area (Å²) in [5.74, 6) is 0.140. The lowest BCUT2D eigenvalue weighted by Gasteiger charge is -2.32. The SMILES string of the molecule is CC(=O)Oc1cccc(C(=O)N2CCC(CNC(=O)c3ccc(N(C)C)cc3)CC2)c1. The smallest absolute Gasteiger partial charge is 0.308 e. The zero-order valence-electron chi connectivity index (χ0n) is 18.3. The molecule has 2 aromatic rings. The second kappa shape index (κ2) is 10.1. The van der Waals surface area contributed by atoms with E-state index in [9.17, 15) is 14.4 Å². The molecule has 7 heteroatoms. The number of piperidine rings is 1. The van der Waals surface area contributed by atoms with Crippen molar-refractivity contribution in [1.29, 1.82) is 0 Å². The van der Waals surface area contributed by atoms with Gasteiger partial charge in [-0.1, -0.05) is 6.07 Å². The van der Waals surface area contributed by atoms with Crippen LogP contribution in [0.15, 0.2) is 48.5 Å². The third kappa shape index (κ3) is 6.07. The molecule has 0 radical (unpaired) electrons. The highest BCUT2D eigenvalue weighted by Crippen LogP contribution is 2.21. The second-order valence-corrected chi connectivity index (χ2v) is 8.01. The van der Waals surface area contributed by atoms with Crippen molar-refractivity contribution in [1.82, 2.24) is 10.2 Å². The minimum Gasteiger partial charge on any atom is -0.427 e. The molecule has 0 aromatic heterocycles. The Hall–Kier alpha value is -3.35. The minimum absolute atomic E-state index is 0.0718. The summed E-state index contributed by atoms with van der Waals surface area (Å²) in [7, 11) is 3.92. The van der Waals surface area contributed by atoms with Crippen LogP contribution >= 0.6 is 0 Å². The summed E-state index contributed by atoms with van der Waals surface area (Å²) in [4.78, 5) is 40.1. The van der Waals surface area contributed by atoms with E-state index in [2.05, 4.69) is 5.32 Å². The third-order valence-electron chi connectivity index (χ3n) is 5.44. The maximum absolute atomic E-state index is 12.8. The summed E-state index contributed by atoms with van der Waals surface area (Å²) in [5, 5.41) is 3.01. The number of benzene rings is 2. The zero-order valence-corrected chi connectivity index (χ0v) is 18.3. The number of esters is 1. The number of nitrogens with one attached hydrogen (secondary N) is 1. The Morgan fingerprint density at radius 2 is 1.71 bits per heavy atom. The molecule has 0 unspecified atom stereocenters. The average molecular weight is 424 g/mol. The van der Waals surface area contributed by atoms with E-state index in [1.165, 1.54) is 6.92 Å². The first-order chi connectivity index (χ1) is 14.8. The van der Waals surface area contributed by atoms with Crippen molar-refractivity contribution in [2.45, 2.75) is 19.8 Å². The number of anilines is 1. The van der Waals surface area contributed by atoms with Crippen molar-refractivity contribution in [2.75, 3.05) is 38.6 Å². The number of ether oxygens (including phenoxy) is 1. The standard InChI is InChI=1S/C24H29N3O4/c1-17(28)31-22-6-4-5-20(15-22)24(30)27-13-11-18(12-14-27)16-25-23(29)19-7-9-21(10-8-19)26(2)3/h4-10,15,18H,11-14,16H2,1-3H3,(H,25,29). The highest BCUT2D eigenvalue weighted by atomic mass is 16.5. The van der Waals surface area contributed by atoms with E-state index >= 15 is 0 Å². The highest BCUT2D eigenvalue weighted by Gasteiger charge is 2.24. The van der Waals surface area contributed by atoms with E-state index in [1.54, 1.807) is 24.3 Å². The van der Waals surface area contributed by atoms with Crippen LogP contribution in [0.25, 0.3) is 0 Å². The van der Waals surface area contributed by atoms with E-state index in [4.69, 9.17) is 4.74 Å². The van der Waals surface area contributed by atoms with Gasteiger partial charge in [-0.3, -0.25) is 14.4 Å². The van der Waals surface area contributed by atoms with Gasteiger partial charge in [0.2, 0.25) is 0 Å². The summed E-state index contributed by atoms with van der Waals surface area (Å²) >= 11 is 0. The molecule has 7 nitrogen and oxygen atoms in total. The van der Waals surface area contributed by atoms with Gasteiger partial charge in [-0.2, -0.15) is 0 Å². The molecule has 0 atom stereocenters. The van der Waals surface area contributed by atoms with Gasteiger partial charge in [-0.25, -0.2) is 0 Å². The normalized spacial score (nSPS) is 14.1. The van der Waals surface area contributed by atoms with Crippen molar-refractivity contribution >= 4 is 23.5 Å². The quantitative estimate of drug-likeness (QED) is 0.571. The highest BCUT2D eigenvalue weighted by molar-refractivity contribution is 5.95. The van der Waals surface area contributed by atoms with Gasteiger partial charge < -0.3 is 19.9 Å². The van der Waals surface area contributed by atoms with E-state index < -0.39 is 5.97 Å². The Morgan fingerprint density at radius 1 is 1.03 bits per heavy atom. The molecular weight excluding hydrogens is 394 g/mol. The fraction of sp³-hybridized carbons (Fsp3) is 0.375. The van der Waals surface area contributed by atoms with Gasteiger partial charge >= 0.3 is 5.97 Å². The van der Waals surface area contributed by atoms with Crippen LogP contribution in [-0.4, -0.2) is 56.4 Å². The fourth-order valence-electron chi connectivity index (χ4n) is 3.63. The summed E-state index contributed by atoms with van der Waals surface area (Å²) in [5.41, 5.74) is 2.20. The first kappa shape index (κ1) is 22.3. The summed E-state index contributed by atoms with van der Waals surface area (Å²) in [6, 6.07) is 14.2. The van der Waals surface area contributed by atoms with Crippen LogP contribution in [0.1, 0.15) is 40.5 Å². The van der Waals surface area contributed by atoms with Crippen molar-refractivity contribution in [3.8, 4) is 5.75 Å². The predicted molar refractivity (Wildman–Crippen MR) is 119 cm³/mol. The van der Waals surface area contributed by atoms with Gasteiger partial charge in [-0.15, -0.1) is 0 Å². The maximum atomic E-state index is 12.8. The molecule has 2 amide bonds. The Labute approximate surface area is 183 Å². The number of rotatable bonds is 6. The van der Waals surface area contributed by atoms with Gasteiger partial charge in [0.15, 0.2) is 0 Å². The van der Waals surface area contributed by atoms with E-state index in [0.717, 1.165) is 18.5 Å². The van der Waals surface area contributed by atoms with E-state index in [1.807, 2.05) is 48.2 Å². The van der Waals surface area contributed by atoms with Gasteiger partial charge in [0, 0.05) is 57.5 Å². The summed E-state index contributed by atoms with van der Waals surface area (Å²) in [6.07, 6.45) is 1.66. The molecule has 1 fully saturated rings. The molecule has 0 spiro atoms. The molecule has 1 aliphatic rings. The van der Waals surface area contributed by atoms with Gasteiger partial charge in [-0.05, 0) is 61.2 Å². The first-order valence-electron chi connectivity index (χ1n) is 10.5. The van der Waals surface area contributed by atoms with Crippen LogP contribution in [0.4, 0.5) is 5.69 Å². The number of likely N-dealkylation sites (tertiary alicyclic amines) is 1. The largest absolute Gasteiger partial charge is 0.427 e. The lowest BCUT2D eigenvalue weighted by molar-refractivity contribution is -0.131. The number of carbonyl (C=O) groups excluding carboxylic acids is 3. The molecular formula is C24H29N3O4. The molecule has 1 N–H and O–H groups in total. The molecule has 2 aromatic carbocycles. The van der Waals surface area contributed by atoms with Crippen molar-refractivity contribution < 1.29 is 19.1 Å². The number of hydrogen-bond acceptors (Lipinski definition) is 5. The Kier molecular flexibility index (Phi) is 7.28. The van der Waals surface area contributed by atoms with Gasteiger partial charge in [0.1, 0.15) is 5.75 Å². The Bertz CT molecular complexity index is 932. The molecule has 1 heterocycles. The van der Waals surface area contributed by atoms with Crippen LogP contribution in [-0.2, 0) is 4.79 Å². The number of amides is 2. The fourth-order valence-corrected chi connectivity index (χ4v) is 3.63. The van der Waals surface area contributed by atoms with Crippen LogP contribution in [0.5, 0.6) is 5.75 Å². The lowest BCUT2D eigenvalue weighted by Crippen LogP contribution is -2.41. The topological polar surface area (TPSA) is 79.0 Å². The van der Waals surface area contributed by atoms with E-state index in [-0.39, 0.29) is 11.8 Å². The van der Waals surface area contributed by atoms with E-state index in [0.29, 0.717) is 42.4 Å². The number of hydrogen-bond donors (Lipinski definition) is 1. The molecule has 0 saturated carbocycles.